The summed E-state index contributed by atoms with van der Waals surface area (Å²) in [4.78, 5) is 17.2. The Morgan fingerprint density at radius 3 is 2.86 bits per heavy atom. The standard InChI is InChI=1S/C14H13N5OS/c1-10-7-15-14(21-10)16-13(20)12-9-19(18-17-12)8-11-5-3-2-4-6-11/h2-7,9H,8H2,1H3,(H,15,16,20). The third-order valence-electron chi connectivity index (χ3n) is 2.80. The Kier molecular flexibility index (Phi) is 3.74. The zero-order valence-electron chi connectivity index (χ0n) is 11.4. The molecule has 0 atom stereocenters. The van der Waals surface area contributed by atoms with Crippen LogP contribution in [0.25, 0.3) is 0 Å². The minimum absolute atomic E-state index is 0.277. The lowest BCUT2D eigenvalue weighted by Crippen LogP contribution is -2.12. The Labute approximate surface area is 125 Å². The van der Waals surface area contributed by atoms with Gasteiger partial charge in [-0.25, -0.2) is 9.67 Å². The molecule has 0 bridgehead atoms. The predicted molar refractivity (Wildman–Crippen MR) is 80.4 cm³/mol. The number of hydrogen-bond acceptors (Lipinski definition) is 5. The van der Waals surface area contributed by atoms with Gasteiger partial charge >= 0.3 is 0 Å². The zero-order chi connectivity index (χ0) is 14.7. The molecule has 21 heavy (non-hydrogen) atoms. The summed E-state index contributed by atoms with van der Waals surface area (Å²) < 4.78 is 1.64. The molecular weight excluding hydrogens is 286 g/mol. The summed E-state index contributed by atoms with van der Waals surface area (Å²) in [5.74, 6) is -0.302. The van der Waals surface area contributed by atoms with Crippen molar-refractivity contribution in [3.63, 3.8) is 0 Å². The fraction of sp³-hybridized carbons (Fsp3) is 0.143. The van der Waals surface area contributed by atoms with Crippen molar-refractivity contribution in [1.82, 2.24) is 20.0 Å². The number of carbonyl (C=O) groups excluding carboxylic acids is 1. The highest BCUT2D eigenvalue weighted by molar-refractivity contribution is 7.15. The lowest BCUT2D eigenvalue weighted by Gasteiger charge is -1.99. The fourth-order valence-corrected chi connectivity index (χ4v) is 2.48. The van der Waals surface area contributed by atoms with Gasteiger partial charge in [0.25, 0.3) is 5.91 Å². The molecule has 0 radical (unpaired) electrons. The van der Waals surface area contributed by atoms with Crippen LogP contribution in [0.1, 0.15) is 20.9 Å². The molecule has 2 aromatic heterocycles. The molecule has 0 saturated heterocycles. The summed E-state index contributed by atoms with van der Waals surface area (Å²) in [7, 11) is 0. The first-order valence-corrected chi connectivity index (χ1v) is 7.20. The summed E-state index contributed by atoms with van der Waals surface area (Å²) in [5, 5.41) is 11.1. The van der Waals surface area contributed by atoms with Gasteiger partial charge in [0.15, 0.2) is 10.8 Å². The minimum Gasteiger partial charge on any atom is -0.296 e. The SMILES string of the molecule is Cc1cnc(NC(=O)c2cn(Cc3ccccc3)nn2)s1. The molecule has 0 saturated carbocycles. The third kappa shape index (κ3) is 3.32. The lowest BCUT2D eigenvalue weighted by molar-refractivity contribution is 0.102. The molecule has 0 unspecified atom stereocenters. The van der Waals surface area contributed by atoms with Crippen molar-refractivity contribution in [2.24, 2.45) is 0 Å². The number of aromatic nitrogens is 4. The van der Waals surface area contributed by atoms with Gasteiger partial charge in [-0.15, -0.1) is 16.4 Å². The summed E-state index contributed by atoms with van der Waals surface area (Å²) >= 11 is 1.42. The summed E-state index contributed by atoms with van der Waals surface area (Å²) in [6.07, 6.45) is 3.34. The van der Waals surface area contributed by atoms with E-state index in [1.54, 1.807) is 17.1 Å². The van der Waals surface area contributed by atoms with Crippen molar-refractivity contribution in [1.29, 1.82) is 0 Å². The molecule has 2 heterocycles. The van der Waals surface area contributed by atoms with Gasteiger partial charge in [-0.1, -0.05) is 35.5 Å². The largest absolute Gasteiger partial charge is 0.296 e. The van der Waals surface area contributed by atoms with Crippen molar-refractivity contribution < 1.29 is 4.79 Å². The van der Waals surface area contributed by atoms with Crippen LogP contribution in [0.15, 0.2) is 42.7 Å². The molecule has 0 spiro atoms. The highest BCUT2D eigenvalue weighted by atomic mass is 32.1. The van der Waals surface area contributed by atoms with Crippen LogP contribution in [0.5, 0.6) is 0 Å². The number of aryl methyl sites for hydroxylation is 1. The van der Waals surface area contributed by atoms with Gasteiger partial charge in [-0.3, -0.25) is 10.1 Å². The van der Waals surface area contributed by atoms with E-state index in [0.717, 1.165) is 10.4 Å². The van der Waals surface area contributed by atoms with Crippen LogP contribution in [0, 0.1) is 6.92 Å². The van der Waals surface area contributed by atoms with Gasteiger partial charge in [-0.05, 0) is 12.5 Å². The summed E-state index contributed by atoms with van der Waals surface area (Å²) in [6.45, 7) is 2.51. The number of carbonyl (C=O) groups is 1. The van der Waals surface area contributed by atoms with Gasteiger partial charge < -0.3 is 0 Å². The molecule has 0 aliphatic heterocycles. The number of nitrogens with zero attached hydrogens (tertiary/aromatic N) is 4. The zero-order valence-corrected chi connectivity index (χ0v) is 12.2. The van der Waals surface area contributed by atoms with Crippen molar-refractivity contribution in [2.45, 2.75) is 13.5 Å². The van der Waals surface area contributed by atoms with Gasteiger partial charge in [0.05, 0.1) is 12.7 Å². The number of anilines is 1. The van der Waals surface area contributed by atoms with Gasteiger partial charge in [0.2, 0.25) is 0 Å². The van der Waals surface area contributed by atoms with Gasteiger partial charge in [0.1, 0.15) is 0 Å². The van der Waals surface area contributed by atoms with Crippen LogP contribution in [-0.2, 0) is 6.54 Å². The molecule has 7 heteroatoms. The summed E-state index contributed by atoms with van der Waals surface area (Å²) in [5.41, 5.74) is 1.38. The van der Waals surface area contributed by atoms with Gasteiger partial charge in [0, 0.05) is 11.1 Å². The first-order chi connectivity index (χ1) is 10.2. The smallest absolute Gasteiger partial charge is 0.279 e. The van der Waals surface area contributed by atoms with Crippen LogP contribution >= 0.6 is 11.3 Å². The van der Waals surface area contributed by atoms with E-state index in [0.29, 0.717) is 11.7 Å². The van der Waals surface area contributed by atoms with Crippen LogP contribution in [0.4, 0.5) is 5.13 Å². The van der Waals surface area contributed by atoms with Crippen LogP contribution in [0.3, 0.4) is 0 Å². The molecule has 1 N–H and O–H groups in total. The maximum Gasteiger partial charge on any atom is 0.279 e. The van der Waals surface area contributed by atoms with E-state index in [2.05, 4.69) is 20.6 Å². The molecule has 1 aromatic carbocycles. The average Bonchev–Trinajstić information content (AvgIpc) is 3.09. The molecule has 3 rings (SSSR count). The Morgan fingerprint density at radius 2 is 2.14 bits per heavy atom. The van der Waals surface area contributed by atoms with Crippen LogP contribution < -0.4 is 5.32 Å². The van der Waals surface area contributed by atoms with Crippen LogP contribution in [0.2, 0.25) is 0 Å². The van der Waals surface area contributed by atoms with Crippen molar-refractivity contribution in [3.05, 3.63) is 58.9 Å². The number of benzene rings is 1. The second kappa shape index (κ2) is 5.84. The Bertz CT molecular complexity index is 750. The van der Waals surface area contributed by atoms with E-state index in [1.165, 1.54) is 11.3 Å². The maximum absolute atomic E-state index is 12.0. The number of thiazole rings is 1. The van der Waals surface area contributed by atoms with Crippen molar-refractivity contribution >= 4 is 22.4 Å². The van der Waals surface area contributed by atoms with E-state index in [1.807, 2.05) is 37.3 Å². The quantitative estimate of drug-likeness (QED) is 0.802. The molecule has 1 amide bonds. The lowest BCUT2D eigenvalue weighted by atomic mass is 10.2. The Balaban J connectivity index is 1.68. The highest BCUT2D eigenvalue weighted by Gasteiger charge is 2.12. The predicted octanol–water partition coefficient (Wildman–Crippen LogP) is 2.34. The van der Waals surface area contributed by atoms with Crippen molar-refractivity contribution in [2.75, 3.05) is 5.32 Å². The molecule has 0 aliphatic rings. The topological polar surface area (TPSA) is 72.7 Å². The molecule has 0 fully saturated rings. The van der Waals surface area contributed by atoms with E-state index < -0.39 is 0 Å². The Morgan fingerprint density at radius 1 is 1.33 bits per heavy atom. The molecule has 3 aromatic rings. The third-order valence-corrected chi connectivity index (χ3v) is 3.63. The van der Waals surface area contributed by atoms with E-state index >= 15 is 0 Å². The molecule has 0 aliphatic carbocycles. The summed E-state index contributed by atoms with van der Waals surface area (Å²) in [6, 6.07) is 9.88. The number of rotatable bonds is 4. The monoisotopic (exact) mass is 299 g/mol. The number of hydrogen-bond donors (Lipinski definition) is 1. The van der Waals surface area contributed by atoms with E-state index in [4.69, 9.17) is 0 Å². The normalized spacial score (nSPS) is 10.5. The maximum atomic E-state index is 12.0. The van der Waals surface area contributed by atoms with Gasteiger partial charge in [-0.2, -0.15) is 0 Å². The van der Waals surface area contributed by atoms with Crippen molar-refractivity contribution in [3.8, 4) is 0 Å². The number of nitrogens with one attached hydrogen (secondary N) is 1. The van der Waals surface area contributed by atoms with E-state index in [-0.39, 0.29) is 11.6 Å². The molecular formula is C14H13N5OS. The first kappa shape index (κ1) is 13.4. The van der Waals surface area contributed by atoms with E-state index in [9.17, 15) is 4.79 Å². The fourth-order valence-electron chi connectivity index (χ4n) is 1.82. The van der Waals surface area contributed by atoms with Crippen LogP contribution in [-0.4, -0.2) is 25.9 Å². The second-order valence-corrected chi connectivity index (χ2v) is 5.75. The number of amides is 1. The highest BCUT2D eigenvalue weighted by Crippen LogP contribution is 2.17. The second-order valence-electron chi connectivity index (χ2n) is 4.52. The molecule has 6 nitrogen and oxygen atoms in total. The minimum atomic E-state index is -0.302. The average molecular weight is 299 g/mol. The Hall–Kier alpha value is -2.54. The molecule has 106 valence electrons. The first-order valence-electron chi connectivity index (χ1n) is 6.38.